The normalized spacial score (nSPS) is 17.3. The van der Waals surface area contributed by atoms with E-state index in [0.717, 1.165) is 25.4 Å². The third-order valence-electron chi connectivity index (χ3n) is 5.37. The van der Waals surface area contributed by atoms with Gasteiger partial charge in [-0.2, -0.15) is 0 Å². The van der Waals surface area contributed by atoms with E-state index < -0.39 is 0 Å². The second-order valence-electron chi connectivity index (χ2n) is 7.34. The largest absolute Gasteiger partial charge is 0.494 e. The minimum absolute atomic E-state index is 0.287. The van der Waals surface area contributed by atoms with Crippen LogP contribution >= 0.6 is 0 Å². The lowest BCUT2D eigenvalue weighted by molar-refractivity contribution is 0.220. The highest BCUT2D eigenvalue weighted by atomic mass is 16.5. The van der Waals surface area contributed by atoms with Gasteiger partial charge in [0.2, 0.25) is 0 Å². The molecule has 1 unspecified atom stereocenters. The summed E-state index contributed by atoms with van der Waals surface area (Å²) in [6, 6.07) is 22.3. The van der Waals surface area contributed by atoms with Gasteiger partial charge in [0.05, 0.1) is 12.6 Å². The van der Waals surface area contributed by atoms with E-state index in [9.17, 15) is 0 Å². The number of hydrogen-bond donors (Lipinski definition) is 0. The fraction of sp³-hybridized carbons (Fsp3) is 0.333. The minimum atomic E-state index is 0.287. The highest BCUT2D eigenvalue weighted by molar-refractivity contribution is 5.33. The van der Waals surface area contributed by atoms with Gasteiger partial charge in [-0.15, -0.1) is 0 Å². The van der Waals surface area contributed by atoms with Gasteiger partial charge in [0, 0.05) is 31.5 Å². The van der Waals surface area contributed by atoms with Gasteiger partial charge < -0.3 is 9.30 Å². The molecular weight excluding hydrogens is 332 g/mol. The van der Waals surface area contributed by atoms with Gasteiger partial charge in [-0.1, -0.05) is 42.0 Å². The van der Waals surface area contributed by atoms with Crippen molar-refractivity contribution >= 4 is 0 Å². The molecule has 27 heavy (non-hydrogen) atoms. The molecule has 0 amide bonds. The quantitative estimate of drug-likeness (QED) is 0.623. The predicted molar refractivity (Wildman–Crippen MR) is 110 cm³/mol. The summed E-state index contributed by atoms with van der Waals surface area (Å²) >= 11 is 0. The van der Waals surface area contributed by atoms with Crippen LogP contribution in [0, 0.1) is 6.92 Å². The molecule has 0 spiro atoms. The summed E-state index contributed by atoms with van der Waals surface area (Å²) in [5.41, 5.74) is 5.40. The van der Waals surface area contributed by atoms with Gasteiger partial charge in [-0.3, -0.25) is 4.90 Å². The fourth-order valence-corrected chi connectivity index (χ4v) is 4.03. The van der Waals surface area contributed by atoms with Crippen molar-refractivity contribution in [2.75, 3.05) is 13.2 Å². The molecule has 3 aromatic rings. The number of nitrogens with zero attached hydrogens (tertiary/aromatic N) is 2. The molecular formula is C24H28N2O. The first kappa shape index (κ1) is 17.9. The average Bonchev–Trinajstić information content (AvgIpc) is 3.06. The Kier molecular flexibility index (Phi) is 5.30. The fourth-order valence-electron chi connectivity index (χ4n) is 4.03. The molecule has 0 saturated heterocycles. The summed E-state index contributed by atoms with van der Waals surface area (Å²) in [7, 11) is 0. The Morgan fingerprint density at radius 2 is 1.74 bits per heavy atom. The van der Waals surface area contributed by atoms with Crippen molar-refractivity contribution in [3.63, 3.8) is 0 Å². The molecule has 4 rings (SSSR count). The first-order valence-corrected chi connectivity index (χ1v) is 9.92. The second kappa shape index (κ2) is 8.01. The van der Waals surface area contributed by atoms with Crippen LogP contribution in [0.15, 0.2) is 66.9 Å². The van der Waals surface area contributed by atoms with Crippen molar-refractivity contribution in [3.05, 3.63) is 89.2 Å². The number of hydrogen-bond acceptors (Lipinski definition) is 2. The Labute approximate surface area is 162 Å². The molecule has 1 aliphatic heterocycles. The summed E-state index contributed by atoms with van der Waals surface area (Å²) in [4.78, 5) is 2.61. The maximum atomic E-state index is 5.59. The Morgan fingerprint density at radius 3 is 2.48 bits per heavy atom. The highest BCUT2D eigenvalue weighted by Crippen LogP contribution is 2.33. The van der Waals surface area contributed by atoms with Crippen molar-refractivity contribution in [3.8, 4) is 5.75 Å². The van der Waals surface area contributed by atoms with Crippen LogP contribution in [0.4, 0.5) is 0 Å². The van der Waals surface area contributed by atoms with Crippen molar-refractivity contribution in [1.82, 2.24) is 9.47 Å². The third-order valence-corrected chi connectivity index (χ3v) is 5.37. The minimum Gasteiger partial charge on any atom is -0.494 e. The Bertz CT molecular complexity index is 864. The van der Waals surface area contributed by atoms with Gasteiger partial charge in [-0.05, 0) is 55.7 Å². The van der Waals surface area contributed by atoms with Gasteiger partial charge >= 0.3 is 0 Å². The van der Waals surface area contributed by atoms with E-state index in [1.807, 2.05) is 6.92 Å². The topological polar surface area (TPSA) is 17.4 Å². The maximum Gasteiger partial charge on any atom is 0.119 e. The highest BCUT2D eigenvalue weighted by Gasteiger charge is 2.27. The van der Waals surface area contributed by atoms with E-state index >= 15 is 0 Å². The van der Waals surface area contributed by atoms with Crippen LogP contribution in [-0.4, -0.2) is 22.6 Å². The van der Waals surface area contributed by atoms with Gasteiger partial charge in [0.25, 0.3) is 0 Å². The number of fused-ring (bicyclic) bond motifs is 1. The predicted octanol–water partition coefficient (Wildman–Crippen LogP) is 5.19. The molecule has 3 heteroatoms. The molecule has 3 nitrogen and oxygen atoms in total. The number of aromatic nitrogens is 1. The van der Waals surface area contributed by atoms with Crippen LogP contribution in [0.3, 0.4) is 0 Å². The number of ether oxygens (including phenoxy) is 1. The molecule has 0 N–H and O–H groups in total. The number of aryl methyl sites for hydroxylation is 2. The average molecular weight is 361 g/mol. The Hall–Kier alpha value is -2.52. The van der Waals surface area contributed by atoms with Gasteiger partial charge in [0.1, 0.15) is 5.75 Å². The van der Waals surface area contributed by atoms with Gasteiger partial charge in [-0.25, -0.2) is 0 Å². The molecule has 0 saturated carbocycles. The van der Waals surface area contributed by atoms with E-state index in [4.69, 9.17) is 4.74 Å². The summed E-state index contributed by atoms with van der Waals surface area (Å²) in [5.74, 6) is 0.945. The maximum absolute atomic E-state index is 5.59. The molecule has 1 atom stereocenters. The molecule has 2 heterocycles. The lowest BCUT2D eigenvalue weighted by atomic mass is 10.00. The standard InChI is InChI=1S/C24H28N2O/c1-3-27-22-13-9-20(10-14-22)18-26-17-5-16-25-15-4-6-23(25)24(26)21-11-7-19(2)8-12-21/h4,6-15,24H,3,5,16-18H2,1-2H3. The van der Waals surface area contributed by atoms with Crippen LogP contribution < -0.4 is 4.74 Å². The zero-order valence-electron chi connectivity index (χ0n) is 16.3. The second-order valence-corrected chi connectivity index (χ2v) is 7.34. The van der Waals surface area contributed by atoms with Crippen LogP contribution in [0.5, 0.6) is 5.75 Å². The molecule has 1 aromatic heterocycles. The van der Waals surface area contributed by atoms with Crippen molar-refractivity contribution in [1.29, 1.82) is 0 Å². The van der Waals surface area contributed by atoms with Crippen LogP contribution in [0.25, 0.3) is 0 Å². The molecule has 0 fully saturated rings. The molecule has 0 radical (unpaired) electrons. The Balaban J connectivity index is 1.65. The third kappa shape index (κ3) is 3.93. The SMILES string of the molecule is CCOc1ccc(CN2CCCn3cccc3C2c2ccc(C)cc2)cc1. The van der Waals surface area contributed by atoms with Gasteiger partial charge in [0.15, 0.2) is 0 Å². The molecule has 2 aromatic carbocycles. The summed E-state index contributed by atoms with van der Waals surface area (Å²) < 4.78 is 8.01. The van der Waals surface area contributed by atoms with Crippen molar-refractivity contribution in [2.24, 2.45) is 0 Å². The summed E-state index contributed by atoms with van der Waals surface area (Å²) in [6.07, 6.45) is 3.39. The smallest absolute Gasteiger partial charge is 0.119 e. The van der Waals surface area contributed by atoms with E-state index in [0.29, 0.717) is 6.61 Å². The van der Waals surface area contributed by atoms with E-state index in [1.54, 1.807) is 0 Å². The molecule has 0 aliphatic carbocycles. The van der Waals surface area contributed by atoms with E-state index in [-0.39, 0.29) is 6.04 Å². The molecule has 140 valence electrons. The lowest BCUT2D eigenvalue weighted by Crippen LogP contribution is -2.29. The van der Waals surface area contributed by atoms with Crippen LogP contribution in [0.2, 0.25) is 0 Å². The van der Waals surface area contributed by atoms with E-state index in [1.165, 1.54) is 28.8 Å². The monoisotopic (exact) mass is 360 g/mol. The number of rotatable bonds is 5. The van der Waals surface area contributed by atoms with Crippen molar-refractivity contribution in [2.45, 2.75) is 39.4 Å². The zero-order chi connectivity index (χ0) is 18.6. The zero-order valence-corrected chi connectivity index (χ0v) is 16.3. The summed E-state index contributed by atoms with van der Waals surface area (Å²) in [6.45, 7) is 8.00. The summed E-state index contributed by atoms with van der Waals surface area (Å²) in [5, 5.41) is 0. The van der Waals surface area contributed by atoms with E-state index in [2.05, 4.69) is 83.3 Å². The Morgan fingerprint density at radius 1 is 0.963 bits per heavy atom. The number of benzene rings is 2. The first-order valence-electron chi connectivity index (χ1n) is 9.92. The molecule has 0 bridgehead atoms. The van der Waals surface area contributed by atoms with Crippen molar-refractivity contribution < 1.29 is 4.74 Å². The lowest BCUT2D eigenvalue weighted by Gasteiger charge is -2.31. The van der Waals surface area contributed by atoms with Crippen LogP contribution in [0.1, 0.15) is 41.8 Å². The van der Waals surface area contributed by atoms with Crippen LogP contribution in [-0.2, 0) is 13.1 Å². The molecule has 1 aliphatic rings. The first-order chi connectivity index (χ1) is 13.2.